The zero-order valence-corrected chi connectivity index (χ0v) is 20.4. The zero-order valence-electron chi connectivity index (χ0n) is 20.4. The Morgan fingerprint density at radius 2 is 1.71 bits per heavy atom. The van der Waals surface area contributed by atoms with Crippen molar-refractivity contribution >= 4 is 5.97 Å². The van der Waals surface area contributed by atoms with Crippen molar-refractivity contribution in [1.82, 2.24) is 10.2 Å². The number of nitrogens with zero attached hydrogens (tertiary/aromatic N) is 1. The molecule has 6 rings (SSSR count). The minimum atomic E-state index is -0.686. The molecule has 3 aliphatic heterocycles. The van der Waals surface area contributed by atoms with Crippen LogP contribution >= 0.6 is 0 Å². The fraction of sp³-hybridized carbons (Fsp3) is 0.367. The molecular formula is C30H34N2O3. The number of carboxylic acids is 1. The Kier molecular flexibility index (Phi) is 6.89. The minimum absolute atomic E-state index is 0.0363. The smallest absolute Gasteiger partial charge is 0.308 e. The molecule has 0 aromatic heterocycles. The van der Waals surface area contributed by atoms with Gasteiger partial charge >= 0.3 is 5.97 Å². The first-order valence-electron chi connectivity index (χ1n) is 12.5. The Morgan fingerprint density at radius 3 is 2.31 bits per heavy atom. The molecule has 0 radical (unpaired) electrons. The van der Waals surface area contributed by atoms with E-state index in [0.717, 1.165) is 24.3 Å². The highest BCUT2D eigenvalue weighted by Crippen LogP contribution is 2.44. The van der Waals surface area contributed by atoms with Crippen LogP contribution in [0.4, 0.5) is 0 Å². The molecule has 5 nitrogen and oxygen atoms in total. The zero-order chi connectivity index (χ0) is 24.4. The predicted octanol–water partition coefficient (Wildman–Crippen LogP) is 4.70. The second kappa shape index (κ2) is 10.2. The van der Waals surface area contributed by atoms with E-state index in [1.54, 1.807) is 7.11 Å². The van der Waals surface area contributed by atoms with Gasteiger partial charge in [0.25, 0.3) is 0 Å². The maximum Gasteiger partial charge on any atom is 0.308 e. The maximum absolute atomic E-state index is 12.3. The fourth-order valence-electron chi connectivity index (χ4n) is 6.31. The predicted molar refractivity (Wildman–Crippen MR) is 138 cm³/mol. The van der Waals surface area contributed by atoms with Gasteiger partial charge in [-0.05, 0) is 43.0 Å². The molecule has 0 aliphatic carbocycles. The first-order valence-corrected chi connectivity index (χ1v) is 12.5. The summed E-state index contributed by atoms with van der Waals surface area (Å²) in [6.45, 7) is 4.26. The number of methoxy groups -OCH3 is 1. The Labute approximate surface area is 207 Å². The van der Waals surface area contributed by atoms with Gasteiger partial charge in [-0.15, -0.1) is 0 Å². The van der Waals surface area contributed by atoms with E-state index >= 15 is 0 Å². The van der Waals surface area contributed by atoms with Gasteiger partial charge in [0.1, 0.15) is 5.75 Å². The number of hydrogen-bond donors (Lipinski definition) is 2. The number of rotatable bonds is 8. The molecule has 5 atom stereocenters. The quantitative estimate of drug-likeness (QED) is 0.500. The molecule has 3 aliphatic rings. The number of aliphatic carboxylic acids is 1. The highest BCUT2D eigenvalue weighted by molar-refractivity contribution is 5.71. The van der Waals surface area contributed by atoms with Crippen molar-refractivity contribution in [3.63, 3.8) is 0 Å². The summed E-state index contributed by atoms with van der Waals surface area (Å²) in [7, 11) is 1.70. The number of aryl methyl sites for hydroxylation is 1. The number of ether oxygens (including phenoxy) is 1. The molecule has 3 saturated heterocycles. The van der Waals surface area contributed by atoms with Crippen LogP contribution < -0.4 is 10.1 Å². The summed E-state index contributed by atoms with van der Waals surface area (Å²) >= 11 is 0. The molecule has 0 saturated carbocycles. The summed E-state index contributed by atoms with van der Waals surface area (Å²) in [5, 5.41) is 13.9. The van der Waals surface area contributed by atoms with Crippen LogP contribution in [0.15, 0.2) is 78.9 Å². The van der Waals surface area contributed by atoms with Crippen LogP contribution in [0, 0.1) is 18.8 Å². The summed E-state index contributed by atoms with van der Waals surface area (Å²) < 4.78 is 5.63. The number of fused-ring (bicyclic) bond motifs is 3. The molecule has 5 unspecified atom stereocenters. The third kappa shape index (κ3) is 4.71. The van der Waals surface area contributed by atoms with E-state index in [0.29, 0.717) is 13.1 Å². The van der Waals surface area contributed by atoms with Gasteiger partial charge in [0.05, 0.1) is 13.0 Å². The number of carbonyl (C=O) groups is 1. The highest BCUT2D eigenvalue weighted by atomic mass is 16.5. The third-order valence-corrected chi connectivity index (χ3v) is 7.89. The first-order chi connectivity index (χ1) is 17.1. The molecular weight excluding hydrogens is 436 g/mol. The molecule has 0 amide bonds. The average Bonchev–Trinajstić information content (AvgIpc) is 2.89. The van der Waals surface area contributed by atoms with Gasteiger partial charge in [0.15, 0.2) is 0 Å². The van der Waals surface area contributed by atoms with Crippen molar-refractivity contribution in [2.24, 2.45) is 11.8 Å². The largest absolute Gasteiger partial charge is 0.496 e. The van der Waals surface area contributed by atoms with E-state index in [2.05, 4.69) is 89.9 Å². The van der Waals surface area contributed by atoms with E-state index in [-0.39, 0.29) is 29.8 Å². The second-order valence-electron chi connectivity index (χ2n) is 9.90. The molecule has 3 heterocycles. The second-order valence-corrected chi connectivity index (χ2v) is 9.90. The van der Waals surface area contributed by atoms with Crippen LogP contribution in [-0.4, -0.2) is 48.3 Å². The van der Waals surface area contributed by atoms with Gasteiger partial charge in [-0.1, -0.05) is 78.4 Å². The number of nitrogens with one attached hydrogen (secondary N) is 1. The summed E-state index contributed by atoms with van der Waals surface area (Å²) in [5.41, 5.74) is 4.82. The Balaban J connectivity index is 1.54. The lowest BCUT2D eigenvalue weighted by Crippen LogP contribution is -2.68. The summed E-state index contributed by atoms with van der Waals surface area (Å²) in [6.07, 6.45) is 0.895. The van der Waals surface area contributed by atoms with Crippen molar-refractivity contribution in [3.05, 3.63) is 101 Å². The van der Waals surface area contributed by atoms with Gasteiger partial charge in [-0.3, -0.25) is 9.69 Å². The van der Waals surface area contributed by atoms with Crippen molar-refractivity contribution in [2.75, 3.05) is 20.2 Å². The van der Waals surface area contributed by atoms with Gasteiger partial charge in [0, 0.05) is 36.7 Å². The highest BCUT2D eigenvalue weighted by Gasteiger charge is 2.52. The standard InChI is InChI=1S/C30H34N2O3/c1-20-13-14-26(35-2)23(17-20)18-31-28-24-15-16-32(19-25(24)30(33)34)29(28)27(21-9-5-3-6-10-21)22-11-7-4-8-12-22/h3-14,17,24-25,27-29,31H,15-16,18-19H2,1-2H3,(H,33,34). The molecule has 2 N–H and O–H groups in total. The molecule has 35 heavy (non-hydrogen) atoms. The van der Waals surface area contributed by atoms with E-state index in [4.69, 9.17) is 4.74 Å². The van der Waals surface area contributed by atoms with E-state index in [1.807, 2.05) is 6.07 Å². The van der Waals surface area contributed by atoms with E-state index in [1.165, 1.54) is 16.7 Å². The Bertz CT molecular complexity index is 1110. The molecule has 182 valence electrons. The van der Waals surface area contributed by atoms with Crippen LogP contribution in [-0.2, 0) is 11.3 Å². The molecule has 0 spiro atoms. The van der Waals surface area contributed by atoms with Crippen LogP contribution in [0.25, 0.3) is 0 Å². The van der Waals surface area contributed by atoms with Crippen LogP contribution in [0.2, 0.25) is 0 Å². The van der Waals surface area contributed by atoms with Gasteiger partial charge < -0.3 is 15.2 Å². The minimum Gasteiger partial charge on any atom is -0.496 e. The summed E-state index contributed by atoms with van der Waals surface area (Å²) in [5.74, 6) is 0.0385. The molecule has 2 bridgehead atoms. The number of carboxylic acid groups (broad SMARTS) is 1. The lowest BCUT2D eigenvalue weighted by Gasteiger charge is -2.56. The van der Waals surface area contributed by atoms with E-state index in [9.17, 15) is 9.90 Å². The molecule has 3 aromatic rings. The Hall–Kier alpha value is -3.15. The van der Waals surface area contributed by atoms with Crippen molar-refractivity contribution in [3.8, 4) is 5.75 Å². The molecule has 3 aromatic carbocycles. The van der Waals surface area contributed by atoms with Crippen molar-refractivity contribution < 1.29 is 14.6 Å². The van der Waals surface area contributed by atoms with Gasteiger partial charge in [0.2, 0.25) is 0 Å². The Morgan fingerprint density at radius 1 is 1.06 bits per heavy atom. The van der Waals surface area contributed by atoms with Crippen LogP contribution in [0.5, 0.6) is 5.75 Å². The lowest BCUT2D eigenvalue weighted by molar-refractivity contribution is -0.152. The van der Waals surface area contributed by atoms with Gasteiger partial charge in [-0.2, -0.15) is 0 Å². The first kappa shape index (κ1) is 23.6. The van der Waals surface area contributed by atoms with Crippen LogP contribution in [0.1, 0.15) is 34.6 Å². The van der Waals surface area contributed by atoms with Crippen molar-refractivity contribution in [1.29, 1.82) is 0 Å². The summed E-state index contributed by atoms with van der Waals surface area (Å²) in [4.78, 5) is 14.7. The van der Waals surface area contributed by atoms with Crippen molar-refractivity contribution in [2.45, 2.75) is 37.9 Å². The molecule has 5 heteroatoms. The fourth-order valence-corrected chi connectivity index (χ4v) is 6.31. The normalized spacial score (nSPS) is 25.5. The number of benzene rings is 3. The maximum atomic E-state index is 12.3. The topological polar surface area (TPSA) is 61.8 Å². The lowest BCUT2D eigenvalue weighted by atomic mass is 9.66. The SMILES string of the molecule is COc1ccc(C)cc1CNC1C2CCN(CC2C(=O)O)C1C(c1ccccc1)c1ccccc1. The summed E-state index contributed by atoms with van der Waals surface area (Å²) in [6, 6.07) is 27.7. The average molecular weight is 471 g/mol. The number of piperidine rings is 3. The molecule has 3 fully saturated rings. The van der Waals surface area contributed by atoms with Gasteiger partial charge in [-0.25, -0.2) is 0 Å². The monoisotopic (exact) mass is 470 g/mol. The van der Waals surface area contributed by atoms with Crippen LogP contribution in [0.3, 0.4) is 0 Å². The number of hydrogen-bond acceptors (Lipinski definition) is 4. The third-order valence-electron chi connectivity index (χ3n) is 7.89. The van der Waals surface area contributed by atoms with E-state index < -0.39 is 5.97 Å².